The Morgan fingerprint density at radius 3 is 3.00 bits per heavy atom. The third-order valence-corrected chi connectivity index (χ3v) is 3.41. The predicted octanol–water partition coefficient (Wildman–Crippen LogP) is 2.45. The summed E-state index contributed by atoms with van der Waals surface area (Å²) in [7, 11) is 0. The lowest BCUT2D eigenvalue weighted by Crippen LogP contribution is -2.11. The zero-order valence-electron chi connectivity index (χ0n) is 6.18. The van der Waals surface area contributed by atoms with Crippen LogP contribution < -0.4 is 10.5 Å². The fourth-order valence-electron chi connectivity index (χ4n) is 1.30. The Morgan fingerprint density at radius 2 is 2.33 bits per heavy atom. The minimum Gasteiger partial charge on any atom is -0.490 e. The molecule has 0 radical (unpaired) electrons. The first kappa shape index (κ1) is 8.77. The number of hydrogen-bond donors (Lipinski definition) is 1. The molecule has 0 aromatic heterocycles. The average Bonchev–Trinajstić information content (AvgIpc) is 2.42. The summed E-state index contributed by atoms with van der Waals surface area (Å²) < 4.78 is 7.63. The van der Waals surface area contributed by atoms with Gasteiger partial charge < -0.3 is 10.5 Å². The van der Waals surface area contributed by atoms with Crippen LogP contribution in [0.5, 0.6) is 5.75 Å². The Balaban J connectivity index is 2.64. The first-order valence-corrected chi connectivity index (χ1v) is 5.43. The molecule has 1 aliphatic heterocycles. The molecule has 1 unspecified atom stereocenters. The van der Waals surface area contributed by atoms with Crippen molar-refractivity contribution in [2.45, 2.75) is 6.04 Å². The lowest BCUT2D eigenvalue weighted by atomic mass is 10.1. The molecule has 1 atom stereocenters. The SMILES string of the molecule is NC1COc2c(I)ccc(Br)c21. The number of nitrogens with two attached hydrogens (primary N) is 1. The van der Waals surface area contributed by atoms with Gasteiger partial charge in [0.2, 0.25) is 0 Å². The van der Waals surface area contributed by atoms with Gasteiger partial charge in [0.05, 0.1) is 9.61 Å². The third-order valence-electron chi connectivity index (χ3n) is 1.87. The normalized spacial score (nSPS) is 20.4. The summed E-state index contributed by atoms with van der Waals surface area (Å²) in [6.07, 6.45) is 0. The molecule has 0 aliphatic carbocycles. The highest BCUT2D eigenvalue weighted by Gasteiger charge is 2.25. The van der Waals surface area contributed by atoms with Gasteiger partial charge in [-0.3, -0.25) is 0 Å². The van der Waals surface area contributed by atoms with E-state index in [1.807, 2.05) is 12.1 Å². The van der Waals surface area contributed by atoms with Gasteiger partial charge in [-0.15, -0.1) is 0 Å². The summed E-state index contributed by atoms with van der Waals surface area (Å²) in [5.41, 5.74) is 6.96. The Morgan fingerprint density at radius 1 is 1.58 bits per heavy atom. The molecule has 12 heavy (non-hydrogen) atoms. The lowest BCUT2D eigenvalue weighted by molar-refractivity contribution is 0.331. The highest BCUT2D eigenvalue weighted by Crippen LogP contribution is 2.39. The van der Waals surface area contributed by atoms with Crippen LogP contribution in [-0.4, -0.2) is 6.61 Å². The second-order valence-electron chi connectivity index (χ2n) is 2.69. The maximum atomic E-state index is 5.86. The highest BCUT2D eigenvalue weighted by atomic mass is 127. The zero-order chi connectivity index (χ0) is 8.72. The van der Waals surface area contributed by atoms with Gasteiger partial charge >= 0.3 is 0 Å². The van der Waals surface area contributed by atoms with E-state index in [-0.39, 0.29) is 6.04 Å². The Hall–Kier alpha value is 0.190. The number of rotatable bonds is 0. The average molecular weight is 340 g/mol. The largest absolute Gasteiger partial charge is 0.490 e. The molecule has 0 bridgehead atoms. The van der Waals surface area contributed by atoms with E-state index in [1.165, 1.54) is 0 Å². The monoisotopic (exact) mass is 339 g/mol. The molecule has 64 valence electrons. The summed E-state index contributed by atoms with van der Waals surface area (Å²) in [6, 6.07) is 4.04. The van der Waals surface area contributed by atoms with Crippen LogP contribution in [0.3, 0.4) is 0 Å². The molecule has 0 spiro atoms. The molecular weight excluding hydrogens is 333 g/mol. The maximum absolute atomic E-state index is 5.86. The van der Waals surface area contributed by atoms with E-state index in [2.05, 4.69) is 38.5 Å². The minimum absolute atomic E-state index is 0.0177. The van der Waals surface area contributed by atoms with Crippen molar-refractivity contribution in [3.63, 3.8) is 0 Å². The summed E-state index contributed by atoms with van der Waals surface area (Å²) in [5, 5.41) is 0. The minimum atomic E-state index is 0.0177. The van der Waals surface area contributed by atoms with Crippen molar-refractivity contribution in [3.05, 3.63) is 25.7 Å². The lowest BCUT2D eigenvalue weighted by Gasteiger charge is -2.04. The molecule has 0 amide bonds. The van der Waals surface area contributed by atoms with E-state index in [1.54, 1.807) is 0 Å². The van der Waals surface area contributed by atoms with E-state index in [4.69, 9.17) is 10.5 Å². The van der Waals surface area contributed by atoms with Crippen LogP contribution in [0.25, 0.3) is 0 Å². The van der Waals surface area contributed by atoms with Gasteiger partial charge in [-0.2, -0.15) is 0 Å². The molecule has 1 aromatic rings. The number of hydrogen-bond acceptors (Lipinski definition) is 2. The van der Waals surface area contributed by atoms with Crippen LogP contribution in [0.15, 0.2) is 16.6 Å². The first-order chi connectivity index (χ1) is 5.70. The molecule has 2 nitrogen and oxygen atoms in total. The van der Waals surface area contributed by atoms with Crippen LogP contribution in [0.1, 0.15) is 11.6 Å². The van der Waals surface area contributed by atoms with E-state index in [0.29, 0.717) is 6.61 Å². The third kappa shape index (κ3) is 1.25. The van der Waals surface area contributed by atoms with Crippen LogP contribution in [-0.2, 0) is 0 Å². The Kier molecular flexibility index (Phi) is 2.31. The first-order valence-electron chi connectivity index (χ1n) is 3.56. The smallest absolute Gasteiger partial charge is 0.138 e. The van der Waals surface area contributed by atoms with Crippen molar-refractivity contribution < 1.29 is 4.74 Å². The Labute approximate surface area is 92.7 Å². The van der Waals surface area contributed by atoms with Crippen LogP contribution in [0.2, 0.25) is 0 Å². The number of fused-ring (bicyclic) bond motifs is 1. The molecule has 1 aliphatic rings. The van der Waals surface area contributed by atoms with Crippen LogP contribution >= 0.6 is 38.5 Å². The quantitative estimate of drug-likeness (QED) is 0.737. The summed E-state index contributed by atoms with van der Waals surface area (Å²) in [4.78, 5) is 0. The molecule has 1 aromatic carbocycles. The molecule has 0 fully saturated rings. The number of benzene rings is 1. The van der Waals surface area contributed by atoms with E-state index in [0.717, 1.165) is 19.4 Å². The highest BCUT2D eigenvalue weighted by molar-refractivity contribution is 14.1. The molecule has 1 heterocycles. The van der Waals surface area contributed by atoms with E-state index in [9.17, 15) is 0 Å². The summed E-state index contributed by atoms with van der Waals surface area (Å²) >= 11 is 5.71. The van der Waals surface area contributed by atoms with Gasteiger partial charge in [0, 0.05) is 10.0 Å². The van der Waals surface area contributed by atoms with E-state index >= 15 is 0 Å². The van der Waals surface area contributed by atoms with Crippen molar-refractivity contribution >= 4 is 38.5 Å². The zero-order valence-corrected chi connectivity index (χ0v) is 9.92. The van der Waals surface area contributed by atoms with Crippen molar-refractivity contribution in [2.24, 2.45) is 5.73 Å². The van der Waals surface area contributed by atoms with Crippen LogP contribution in [0, 0.1) is 3.57 Å². The second-order valence-corrected chi connectivity index (χ2v) is 4.71. The molecule has 0 saturated heterocycles. The van der Waals surface area contributed by atoms with Gasteiger partial charge in [0.25, 0.3) is 0 Å². The summed E-state index contributed by atoms with van der Waals surface area (Å²) in [5.74, 6) is 0.942. The van der Waals surface area contributed by atoms with Gasteiger partial charge in [-0.1, -0.05) is 15.9 Å². The number of ether oxygens (including phenoxy) is 1. The molecule has 4 heteroatoms. The fourth-order valence-corrected chi connectivity index (χ4v) is 2.53. The van der Waals surface area contributed by atoms with Crippen molar-refractivity contribution in [3.8, 4) is 5.75 Å². The molecule has 2 N–H and O–H groups in total. The predicted molar refractivity (Wildman–Crippen MR) is 59.3 cm³/mol. The van der Waals surface area contributed by atoms with E-state index < -0.39 is 0 Å². The second kappa shape index (κ2) is 3.16. The van der Waals surface area contributed by atoms with Crippen molar-refractivity contribution in [1.82, 2.24) is 0 Å². The van der Waals surface area contributed by atoms with Gasteiger partial charge in [-0.25, -0.2) is 0 Å². The standard InChI is InChI=1S/C8H7BrINO/c9-4-1-2-5(10)8-7(4)6(11)3-12-8/h1-2,6H,3,11H2. The van der Waals surface area contributed by atoms with Gasteiger partial charge in [0.15, 0.2) is 0 Å². The molecule has 2 rings (SSSR count). The van der Waals surface area contributed by atoms with Crippen molar-refractivity contribution in [2.75, 3.05) is 6.61 Å². The fraction of sp³-hybridized carbons (Fsp3) is 0.250. The van der Waals surface area contributed by atoms with Gasteiger partial charge in [-0.05, 0) is 34.7 Å². The molecule has 0 saturated carbocycles. The van der Waals surface area contributed by atoms with Crippen LogP contribution in [0.4, 0.5) is 0 Å². The maximum Gasteiger partial charge on any atom is 0.138 e. The summed E-state index contributed by atoms with van der Waals surface area (Å²) in [6.45, 7) is 0.591. The van der Waals surface area contributed by atoms with Crippen molar-refractivity contribution in [1.29, 1.82) is 0 Å². The van der Waals surface area contributed by atoms with Gasteiger partial charge in [0.1, 0.15) is 12.4 Å². The molecular formula is C8H7BrINO. The topological polar surface area (TPSA) is 35.2 Å². The number of halogens is 2. The Bertz CT molecular complexity index is 329.